The number of anilines is 2. The Morgan fingerprint density at radius 3 is 2.08 bits per heavy atom. The molecule has 2 rings (SSSR count). The summed E-state index contributed by atoms with van der Waals surface area (Å²) in [6.45, 7) is 2.34. The van der Waals surface area contributed by atoms with E-state index in [1.54, 1.807) is 6.92 Å². The summed E-state index contributed by atoms with van der Waals surface area (Å²) in [4.78, 5) is 22.9. The second-order valence-electron chi connectivity index (χ2n) is 5.73. The average Bonchev–Trinajstić information content (AvgIpc) is 2.48. The van der Waals surface area contributed by atoms with Crippen LogP contribution in [-0.4, -0.2) is 28.8 Å². The van der Waals surface area contributed by atoms with Crippen molar-refractivity contribution in [3.05, 3.63) is 67.8 Å². The molecule has 2 aromatic carbocycles. The number of hydrogen-bond acceptors (Lipinski definition) is 6. The number of hydrogen-bond donors (Lipinski definition) is 1. The highest BCUT2D eigenvalue weighted by molar-refractivity contribution is 5.73. The van der Waals surface area contributed by atoms with Crippen molar-refractivity contribution < 1.29 is 9.85 Å². The van der Waals surface area contributed by atoms with Gasteiger partial charge < -0.3 is 10.2 Å². The number of nitrogens with one attached hydrogen (secondary N) is 1. The van der Waals surface area contributed by atoms with E-state index in [0.717, 1.165) is 18.2 Å². The van der Waals surface area contributed by atoms with Crippen LogP contribution < -0.4 is 5.32 Å². The molecule has 0 aromatic heterocycles. The second kappa shape index (κ2) is 7.05. The Labute approximate surface area is 139 Å². The van der Waals surface area contributed by atoms with E-state index in [1.165, 1.54) is 6.07 Å². The highest BCUT2D eigenvalue weighted by Crippen LogP contribution is 2.34. The fraction of sp³-hybridized carbons (Fsp3) is 0.250. The maximum Gasteiger partial charge on any atom is 0.299 e. The first-order valence-electron chi connectivity index (χ1n) is 7.22. The molecule has 8 heteroatoms. The van der Waals surface area contributed by atoms with Gasteiger partial charge in [-0.2, -0.15) is 0 Å². The third-order valence-electron chi connectivity index (χ3n) is 3.44. The lowest BCUT2D eigenvalue weighted by Crippen LogP contribution is -2.10. The van der Waals surface area contributed by atoms with Crippen molar-refractivity contribution >= 4 is 22.7 Å². The number of nitrogens with zero attached hydrogens (tertiary/aromatic N) is 3. The monoisotopic (exact) mass is 330 g/mol. The van der Waals surface area contributed by atoms with Crippen molar-refractivity contribution in [2.45, 2.75) is 13.5 Å². The molecule has 0 saturated carbocycles. The van der Waals surface area contributed by atoms with Crippen LogP contribution in [0, 0.1) is 27.2 Å². The van der Waals surface area contributed by atoms with Crippen molar-refractivity contribution in [1.82, 2.24) is 4.90 Å². The van der Waals surface area contributed by atoms with Crippen molar-refractivity contribution in [2.75, 3.05) is 19.4 Å². The average molecular weight is 330 g/mol. The number of nitro groups is 2. The first-order chi connectivity index (χ1) is 11.3. The zero-order valence-electron chi connectivity index (χ0n) is 13.6. The summed E-state index contributed by atoms with van der Waals surface area (Å²) in [7, 11) is 3.93. The van der Waals surface area contributed by atoms with Crippen LogP contribution in [0.2, 0.25) is 0 Å². The Kier molecular flexibility index (Phi) is 5.10. The molecule has 1 N–H and O–H groups in total. The molecule has 0 radical (unpaired) electrons. The van der Waals surface area contributed by atoms with Gasteiger partial charge in [0.15, 0.2) is 0 Å². The highest BCUT2D eigenvalue weighted by atomic mass is 16.6. The summed E-state index contributed by atoms with van der Waals surface area (Å²) in [5, 5.41) is 25.1. The van der Waals surface area contributed by atoms with E-state index in [9.17, 15) is 20.2 Å². The van der Waals surface area contributed by atoms with Gasteiger partial charge in [0, 0.05) is 17.8 Å². The molecule has 0 bridgehead atoms. The van der Waals surface area contributed by atoms with Crippen LogP contribution in [0.5, 0.6) is 0 Å². The zero-order chi connectivity index (χ0) is 17.9. The summed E-state index contributed by atoms with van der Waals surface area (Å²) in [5.74, 6) is 0. The second-order valence-corrected chi connectivity index (χ2v) is 5.73. The van der Waals surface area contributed by atoms with Crippen molar-refractivity contribution in [3.63, 3.8) is 0 Å². The van der Waals surface area contributed by atoms with E-state index in [1.807, 2.05) is 43.3 Å². The number of benzene rings is 2. The summed E-state index contributed by atoms with van der Waals surface area (Å²) in [6, 6.07) is 9.89. The first-order valence-corrected chi connectivity index (χ1v) is 7.22. The molecular formula is C16H18N4O4. The Morgan fingerprint density at radius 2 is 1.58 bits per heavy atom. The normalized spacial score (nSPS) is 10.7. The minimum atomic E-state index is -0.630. The lowest BCUT2D eigenvalue weighted by Gasteiger charge is -2.11. The van der Waals surface area contributed by atoms with E-state index in [-0.39, 0.29) is 17.1 Å². The van der Waals surface area contributed by atoms with Crippen LogP contribution in [-0.2, 0) is 6.54 Å². The smallest absolute Gasteiger partial charge is 0.299 e. The lowest BCUT2D eigenvalue weighted by molar-refractivity contribution is -0.394. The Hall–Kier alpha value is -3.00. The van der Waals surface area contributed by atoms with Crippen molar-refractivity contribution in [1.29, 1.82) is 0 Å². The summed E-state index contributed by atoms with van der Waals surface area (Å²) in [5.41, 5.74) is 1.77. The minimum absolute atomic E-state index is 0.225. The molecule has 0 aliphatic carbocycles. The summed E-state index contributed by atoms with van der Waals surface area (Å²) in [6.07, 6.45) is 0. The molecule has 0 aliphatic rings. The van der Waals surface area contributed by atoms with Gasteiger partial charge in [-0.3, -0.25) is 20.2 Å². The fourth-order valence-corrected chi connectivity index (χ4v) is 2.35. The fourth-order valence-electron chi connectivity index (χ4n) is 2.35. The summed E-state index contributed by atoms with van der Waals surface area (Å²) < 4.78 is 0. The third-order valence-corrected chi connectivity index (χ3v) is 3.44. The quantitative estimate of drug-likeness (QED) is 0.641. The molecule has 0 heterocycles. The molecule has 126 valence electrons. The molecule has 0 saturated heterocycles. The van der Waals surface area contributed by atoms with E-state index in [2.05, 4.69) is 5.32 Å². The molecule has 0 atom stereocenters. The van der Waals surface area contributed by atoms with Gasteiger partial charge in [0.1, 0.15) is 5.69 Å². The Bertz CT molecular complexity index is 772. The maximum absolute atomic E-state index is 11.2. The van der Waals surface area contributed by atoms with Gasteiger partial charge in [-0.25, -0.2) is 0 Å². The van der Waals surface area contributed by atoms with Crippen molar-refractivity contribution in [2.24, 2.45) is 0 Å². The predicted molar refractivity (Wildman–Crippen MR) is 91.6 cm³/mol. The van der Waals surface area contributed by atoms with Gasteiger partial charge in [-0.05, 0) is 44.8 Å². The lowest BCUT2D eigenvalue weighted by atomic mass is 10.1. The number of nitro benzene ring substituents is 2. The van der Waals surface area contributed by atoms with Gasteiger partial charge in [0.2, 0.25) is 0 Å². The van der Waals surface area contributed by atoms with Gasteiger partial charge in [0.25, 0.3) is 11.4 Å². The van der Waals surface area contributed by atoms with Crippen LogP contribution in [0.3, 0.4) is 0 Å². The van der Waals surface area contributed by atoms with Crippen LogP contribution in [0.25, 0.3) is 0 Å². The van der Waals surface area contributed by atoms with E-state index in [0.29, 0.717) is 11.3 Å². The minimum Gasteiger partial charge on any atom is -0.350 e. The molecule has 8 nitrogen and oxygen atoms in total. The first kappa shape index (κ1) is 17.4. The van der Waals surface area contributed by atoms with E-state index < -0.39 is 9.85 Å². The molecule has 0 fully saturated rings. The van der Waals surface area contributed by atoms with Crippen molar-refractivity contribution in [3.8, 4) is 0 Å². The van der Waals surface area contributed by atoms with E-state index in [4.69, 9.17) is 0 Å². The maximum atomic E-state index is 11.2. The third kappa shape index (κ3) is 4.05. The Morgan fingerprint density at radius 1 is 1.00 bits per heavy atom. The van der Waals surface area contributed by atoms with Gasteiger partial charge in [0.05, 0.1) is 15.9 Å². The summed E-state index contributed by atoms with van der Waals surface area (Å²) >= 11 is 0. The standard InChI is InChI=1S/C16H18N4O4/c1-11-8-14(16(20(23)24)9-15(11)19(21)22)17-13-6-4-12(5-7-13)10-18(2)3/h4-9,17H,10H2,1-3H3. The molecule has 0 amide bonds. The highest BCUT2D eigenvalue weighted by Gasteiger charge is 2.22. The zero-order valence-corrected chi connectivity index (χ0v) is 13.6. The SMILES string of the molecule is Cc1cc(Nc2ccc(CN(C)C)cc2)c([N+](=O)[O-])cc1[N+](=O)[O-]. The van der Waals surface area contributed by atoms with Gasteiger partial charge in [-0.15, -0.1) is 0 Å². The van der Waals surface area contributed by atoms with Crippen LogP contribution >= 0.6 is 0 Å². The molecule has 24 heavy (non-hydrogen) atoms. The van der Waals surface area contributed by atoms with Gasteiger partial charge >= 0.3 is 0 Å². The number of aryl methyl sites for hydroxylation is 1. The largest absolute Gasteiger partial charge is 0.350 e. The predicted octanol–water partition coefficient (Wildman–Crippen LogP) is 3.62. The van der Waals surface area contributed by atoms with Crippen LogP contribution in [0.15, 0.2) is 36.4 Å². The van der Waals surface area contributed by atoms with Crippen LogP contribution in [0.1, 0.15) is 11.1 Å². The molecule has 0 unspecified atom stereocenters. The molecular weight excluding hydrogens is 312 g/mol. The van der Waals surface area contributed by atoms with Gasteiger partial charge in [-0.1, -0.05) is 12.1 Å². The topological polar surface area (TPSA) is 102 Å². The Balaban J connectivity index is 2.33. The van der Waals surface area contributed by atoms with Crippen LogP contribution in [0.4, 0.5) is 22.7 Å². The molecule has 0 spiro atoms. The molecule has 0 aliphatic heterocycles. The van der Waals surface area contributed by atoms with E-state index >= 15 is 0 Å². The number of rotatable bonds is 6. The molecule has 2 aromatic rings.